The number of β-amino-alcohol motifs (C(OH)–C–C–N with tert-alkyl or cyclic N) is 1. The van der Waals surface area contributed by atoms with Crippen LogP contribution < -0.4 is 5.32 Å². The maximum absolute atomic E-state index is 14.0. The molecule has 1 aromatic carbocycles. The van der Waals surface area contributed by atoms with Gasteiger partial charge in [0, 0.05) is 49.2 Å². The normalized spacial score (nSPS) is 21.9. The predicted octanol–water partition coefficient (Wildman–Crippen LogP) is 3.38. The summed E-state index contributed by atoms with van der Waals surface area (Å²) in [6.07, 6.45) is 5.56. The highest BCUT2D eigenvalue weighted by molar-refractivity contribution is 5.91. The highest BCUT2D eigenvalue weighted by atomic mass is 16.3. The highest BCUT2D eigenvalue weighted by Crippen LogP contribution is 2.40. The Morgan fingerprint density at radius 3 is 2.59 bits per heavy atom. The minimum absolute atomic E-state index is 0.121. The van der Waals surface area contributed by atoms with E-state index in [1.807, 2.05) is 47.1 Å². The summed E-state index contributed by atoms with van der Waals surface area (Å²) in [5, 5.41) is 23.4. The van der Waals surface area contributed by atoms with Crippen molar-refractivity contribution in [1.82, 2.24) is 29.8 Å². The Kier molecular flexibility index (Phi) is 6.38. The smallest absolute Gasteiger partial charge is 0.248 e. The van der Waals surface area contributed by atoms with Crippen LogP contribution in [0.1, 0.15) is 81.8 Å². The second-order valence-electron chi connectivity index (χ2n) is 12.0. The fourth-order valence-electron chi connectivity index (χ4n) is 5.59. The van der Waals surface area contributed by atoms with Crippen LogP contribution in [0, 0.1) is 12.3 Å². The number of carbonyl (C=O) groups is 2. The molecule has 2 amide bonds. The van der Waals surface area contributed by atoms with Gasteiger partial charge in [-0.25, -0.2) is 4.68 Å². The zero-order valence-corrected chi connectivity index (χ0v) is 22.6. The minimum Gasteiger partial charge on any atom is -0.391 e. The van der Waals surface area contributed by atoms with Gasteiger partial charge in [-0.3, -0.25) is 9.59 Å². The topological polar surface area (TPSA) is 105 Å². The number of nitrogens with zero attached hydrogens (tertiary/aromatic N) is 5. The molecule has 0 bridgehead atoms. The van der Waals surface area contributed by atoms with E-state index in [2.05, 4.69) is 45.3 Å². The Morgan fingerprint density at radius 1 is 1.19 bits per heavy atom. The highest BCUT2D eigenvalue weighted by Gasteiger charge is 2.45. The van der Waals surface area contributed by atoms with Crippen molar-refractivity contribution in [3.05, 3.63) is 47.4 Å². The summed E-state index contributed by atoms with van der Waals surface area (Å²) < 4.78 is 3.71. The molecule has 3 heterocycles. The van der Waals surface area contributed by atoms with E-state index in [4.69, 9.17) is 0 Å². The second-order valence-corrected chi connectivity index (χ2v) is 12.0. The molecule has 1 saturated heterocycles. The molecule has 5 rings (SSSR count). The maximum atomic E-state index is 14.0. The fourth-order valence-corrected chi connectivity index (χ4v) is 5.59. The molecule has 9 nitrogen and oxygen atoms in total. The summed E-state index contributed by atoms with van der Waals surface area (Å²) >= 11 is 0. The summed E-state index contributed by atoms with van der Waals surface area (Å²) in [6.45, 7) is 10.1. The first-order chi connectivity index (χ1) is 17.4. The molecule has 3 aromatic rings. The van der Waals surface area contributed by atoms with E-state index < -0.39 is 23.6 Å². The Labute approximate surface area is 217 Å². The molecule has 2 aliphatic rings. The van der Waals surface area contributed by atoms with Gasteiger partial charge in [-0.1, -0.05) is 37.6 Å². The van der Waals surface area contributed by atoms with Gasteiger partial charge in [0.05, 0.1) is 17.8 Å². The first-order valence-electron chi connectivity index (χ1n) is 13.2. The lowest BCUT2D eigenvalue weighted by Crippen LogP contribution is -2.50. The molecule has 1 saturated carbocycles. The third-order valence-electron chi connectivity index (χ3n) is 7.71. The van der Waals surface area contributed by atoms with Gasteiger partial charge in [0.15, 0.2) is 0 Å². The van der Waals surface area contributed by atoms with Gasteiger partial charge in [0.2, 0.25) is 11.8 Å². The molecule has 1 unspecified atom stereocenters. The number of benzene rings is 1. The molecule has 1 aliphatic heterocycles. The van der Waals surface area contributed by atoms with Crippen LogP contribution in [0.5, 0.6) is 0 Å². The summed E-state index contributed by atoms with van der Waals surface area (Å²) in [4.78, 5) is 29.1. The zero-order valence-electron chi connectivity index (χ0n) is 22.6. The van der Waals surface area contributed by atoms with Gasteiger partial charge in [-0.05, 0) is 49.8 Å². The average Bonchev–Trinajstić information content (AvgIpc) is 3.27. The number of amides is 2. The van der Waals surface area contributed by atoms with Crippen LogP contribution >= 0.6 is 0 Å². The number of carbonyl (C=O) groups excluding carboxylic acids is 2. The van der Waals surface area contributed by atoms with Crippen LogP contribution in [0.15, 0.2) is 30.6 Å². The number of hydrogen-bond donors (Lipinski definition) is 2. The lowest BCUT2D eigenvalue weighted by Gasteiger charge is -2.34. The first kappa shape index (κ1) is 25.4. The van der Waals surface area contributed by atoms with E-state index in [0.717, 1.165) is 40.6 Å². The fraction of sp³-hybridized carbons (Fsp3) is 0.571. The SMILES string of the molecule is Cc1ccc2c(c1)c(C(C)NC(=O)[C@H]1C[C@H](O)CN1C(=O)[C@H](n1cc(C3CC3)nn1)C(C)(C)C)cn2C. The minimum atomic E-state index is -0.756. The number of nitrogens with one attached hydrogen (secondary N) is 1. The van der Waals surface area contributed by atoms with Crippen molar-refractivity contribution in [2.24, 2.45) is 12.5 Å². The number of hydrogen-bond acceptors (Lipinski definition) is 5. The molecule has 2 N–H and O–H groups in total. The lowest BCUT2D eigenvalue weighted by molar-refractivity contribution is -0.144. The number of aliphatic hydroxyl groups is 1. The van der Waals surface area contributed by atoms with Gasteiger partial charge in [0.25, 0.3) is 0 Å². The van der Waals surface area contributed by atoms with Crippen molar-refractivity contribution >= 4 is 22.7 Å². The van der Waals surface area contributed by atoms with Gasteiger partial charge < -0.3 is 19.9 Å². The van der Waals surface area contributed by atoms with Crippen molar-refractivity contribution in [1.29, 1.82) is 0 Å². The quantitative estimate of drug-likeness (QED) is 0.533. The molecule has 2 fully saturated rings. The van der Waals surface area contributed by atoms with E-state index in [9.17, 15) is 14.7 Å². The molecule has 9 heteroatoms. The van der Waals surface area contributed by atoms with Crippen LogP contribution in [0.3, 0.4) is 0 Å². The Balaban J connectivity index is 1.38. The number of aryl methyl sites for hydroxylation is 2. The van der Waals surface area contributed by atoms with Crippen LogP contribution in [-0.2, 0) is 16.6 Å². The zero-order chi connectivity index (χ0) is 26.6. The predicted molar refractivity (Wildman–Crippen MR) is 141 cm³/mol. The van der Waals surface area contributed by atoms with Gasteiger partial charge in [-0.2, -0.15) is 0 Å². The van der Waals surface area contributed by atoms with Crippen LogP contribution in [0.4, 0.5) is 0 Å². The molecular weight excluding hydrogens is 468 g/mol. The summed E-state index contributed by atoms with van der Waals surface area (Å²) in [5.41, 5.74) is 3.72. The molecule has 1 aliphatic carbocycles. The molecule has 0 radical (unpaired) electrons. The molecule has 4 atom stereocenters. The number of rotatable bonds is 6. The van der Waals surface area contributed by atoms with Crippen LogP contribution in [-0.4, -0.2) is 60.1 Å². The summed E-state index contributed by atoms with van der Waals surface area (Å²) in [7, 11) is 1.99. The van der Waals surface area contributed by atoms with Gasteiger partial charge >= 0.3 is 0 Å². The van der Waals surface area contributed by atoms with E-state index in [-0.39, 0.29) is 30.8 Å². The number of aromatic nitrogens is 4. The van der Waals surface area contributed by atoms with E-state index in [1.54, 1.807) is 4.68 Å². The molecular formula is C28H38N6O3. The van der Waals surface area contributed by atoms with Crippen LogP contribution in [0.25, 0.3) is 10.9 Å². The number of likely N-dealkylation sites (tertiary alicyclic amines) is 1. The van der Waals surface area contributed by atoms with E-state index in [0.29, 0.717) is 5.92 Å². The molecule has 37 heavy (non-hydrogen) atoms. The van der Waals surface area contributed by atoms with Crippen molar-refractivity contribution in [3.8, 4) is 0 Å². The van der Waals surface area contributed by atoms with Gasteiger partial charge in [0.1, 0.15) is 12.1 Å². The second kappa shape index (κ2) is 9.28. The van der Waals surface area contributed by atoms with E-state index >= 15 is 0 Å². The summed E-state index contributed by atoms with van der Waals surface area (Å²) in [5.74, 6) is -0.0483. The third kappa shape index (κ3) is 4.89. The molecule has 0 spiro atoms. The van der Waals surface area contributed by atoms with Crippen molar-refractivity contribution in [2.45, 2.75) is 84.0 Å². The Bertz CT molecular complexity index is 1330. The monoisotopic (exact) mass is 506 g/mol. The maximum Gasteiger partial charge on any atom is 0.248 e. The Morgan fingerprint density at radius 2 is 1.92 bits per heavy atom. The Hall–Kier alpha value is -3.20. The van der Waals surface area contributed by atoms with Crippen molar-refractivity contribution in [3.63, 3.8) is 0 Å². The average molecular weight is 507 g/mol. The standard InChI is InChI=1S/C28H38N6O3/c1-16-7-10-23-20(11-16)21(14-32(23)6)17(2)29-26(36)24-12-19(35)13-33(24)27(37)25(28(3,4)5)34-15-22(30-31-34)18-8-9-18/h7,10-11,14-15,17-19,24-25,35H,8-9,12-13H2,1-6H3,(H,29,36)/t17?,19-,24+,25-/m0/s1. The molecule has 198 valence electrons. The largest absolute Gasteiger partial charge is 0.391 e. The molecule has 2 aromatic heterocycles. The third-order valence-corrected chi connectivity index (χ3v) is 7.71. The lowest BCUT2D eigenvalue weighted by atomic mass is 9.85. The number of fused-ring (bicyclic) bond motifs is 1. The number of aliphatic hydroxyl groups excluding tert-OH is 1. The van der Waals surface area contributed by atoms with Crippen molar-refractivity contribution < 1.29 is 14.7 Å². The van der Waals surface area contributed by atoms with E-state index in [1.165, 1.54) is 4.90 Å². The van der Waals surface area contributed by atoms with Gasteiger partial charge in [-0.15, -0.1) is 5.10 Å². The summed E-state index contributed by atoms with van der Waals surface area (Å²) in [6, 6.07) is 4.64. The first-order valence-corrected chi connectivity index (χ1v) is 13.2. The van der Waals surface area contributed by atoms with Crippen molar-refractivity contribution in [2.75, 3.05) is 6.54 Å². The van der Waals surface area contributed by atoms with Crippen LogP contribution in [0.2, 0.25) is 0 Å².